The van der Waals surface area contributed by atoms with Crippen LogP contribution in [0.4, 0.5) is 0 Å². The Balaban J connectivity index is 1.81. The van der Waals surface area contributed by atoms with E-state index in [1.165, 1.54) is 12.0 Å². The van der Waals surface area contributed by atoms with Crippen LogP contribution in [0.15, 0.2) is 21.8 Å². The van der Waals surface area contributed by atoms with Crippen molar-refractivity contribution in [1.82, 2.24) is 5.32 Å². The quantitative estimate of drug-likeness (QED) is 0.895. The van der Waals surface area contributed by atoms with Crippen LogP contribution in [0, 0.1) is 5.92 Å². The van der Waals surface area contributed by atoms with Crippen LogP contribution in [0.1, 0.15) is 38.8 Å². The summed E-state index contributed by atoms with van der Waals surface area (Å²) in [4.78, 5) is 4.59. The molecule has 0 bridgehead atoms. The largest absolute Gasteiger partial charge is 0.358 e. The van der Waals surface area contributed by atoms with Crippen molar-refractivity contribution in [2.75, 3.05) is 6.54 Å². The Morgan fingerprint density at radius 3 is 2.94 bits per heavy atom. The molecule has 1 aromatic rings. The molecule has 0 aliphatic carbocycles. The molecular formula is C13H20N2S2. The van der Waals surface area contributed by atoms with Crippen molar-refractivity contribution in [3.8, 4) is 0 Å². The van der Waals surface area contributed by atoms with Crippen LogP contribution in [-0.2, 0) is 0 Å². The lowest BCUT2D eigenvalue weighted by atomic mass is 10.1. The summed E-state index contributed by atoms with van der Waals surface area (Å²) >= 11 is 3.65. The van der Waals surface area contributed by atoms with Crippen LogP contribution in [-0.4, -0.2) is 17.0 Å². The third-order valence-corrected chi connectivity index (χ3v) is 4.68. The number of nitrogens with zero attached hydrogens (tertiary/aromatic N) is 1. The number of thiophene rings is 1. The number of hydrogen-bond donors (Lipinski definition) is 1. The normalized spacial score (nSPS) is 21.6. The molecule has 1 aromatic heterocycles. The van der Waals surface area contributed by atoms with E-state index in [1.807, 2.05) is 11.8 Å². The fraction of sp³-hybridized carbons (Fsp3) is 0.615. The second-order valence-electron chi connectivity index (χ2n) is 4.94. The molecule has 1 aliphatic heterocycles. The van der Waals surface area contributed by atoms with Crippen molar-refractivity contribution in [1.29, 1.82) is 0 Å². The van der Waals surface area contributed by atoms with Gasteiger partial charge in [-0.1, -0.05) is 25.6 Å². The van der Waals surface area contributed by atoms with E-state index in [2.05, 4.69) is 47.9 Å². The van der Waals surface area contributed by atoms with Gasteiger partial charge in [0.2, 0.25) is 0 Å². The number of amidine groups is 1. The summed E-state index contributed by atoms with van der Waals surface area (Å²) < 4.78 is 0. The third-order valence-electron chi connectivity index (χ3n) is 2.83. The highest BCUT2D eigenvalue weighted by Gasteiger charge is 2.21. The average molecular weight is 268 g/mol. The van der Waals surface area contributed by atoms with E-state index < -0.39 is 0 Å². The zero-order valence-corrected chi connectivity index (χ0v) is 12.3. The molecule has 2 nitrogen and oxygen atoms in total. The Morgan fingerprint density at radius 1 is 1.47 bits per heavy atom. The van der Waals surface area contributed by atoms with Gasteiger partial charge in [-0.3, -0.25) is 4.99 Å². The fourth-order valence-corrected chi connectivity index (χ4v) is 4.03. The number of thioether (sulfide) groups is 1. The third kappa shape index (κ3) is 3.75. The Kier molecular flexibility index (Phi) is 4.51. The Labute approximate surface area is 112 Å². The molecule has 0 amide bonds. The first-order valence-electron chi connectivity index (χ1n) is 6.15. The van der Waals surface area contributed by atoms with Gasteiger partial charge in [-0.2, -0.15) is 11.3 Å². The Hall–Kier alpha value is -0.480. The molecule has 0 spiro atoms. The predicted molar refractivity (Wildman–Crippen MR) is 79.0 cm³/mol. The van der Waals surface area contributed by atoms with Crippen molar-refractivity contribution in [3.63, 3.8) is 0 Å². The zero-order chi connectivity index (χ0) is 12.3. The van der Waals surface area contributed by atoms with E-state index >= 15 is 0 Å². The van der Waals surface area contributed by atoms with Gasteiger partial charge in [-0.05, 0) is 41.7 Å². The zero-order valence-electron chi connectivity index (χ0n) is 10.6. The molecule has 2 unspecified atom stereocenters. The van der Waals surface area contributed by atoms with Crippen molar-refractivity contribution in [2.24, 2.45) is 10.9 Å². The minimum absolute atomic E-state index is 0.366. The molecule has 0 fully saturated rings. The molecule has 0 radical (unpaired) electrons. The van der Waals surface area contributed by atoms with E-state index in [4.69, 9.17) is 0 Å². The first-order valence-corrected chi connectivity index (χ1v) is 7.97. The molecule has 0 aromatic carbocycles. The second kappa shape index (κ2) is 5.91. The summed E-state index contributed by atoms with van der Waals surface area (Å²) in [6.45, 7) is 7.72. The minimum atomic E-state index is 0.366. The van der Waals surface area contributed by atoms with Crippen molar-refractivity contribution >= 4 is 28.3 Å². The minimum Gasteiger partial charge on any atom is -0.358 e. The van der Waals surface area contributed by atoms with E-state index in [-0.39, 0.29) is 0 Å². The van der Waals surface area contributed by atoms with Crippen molar-refractivity contribution < 1.29 is 0 Å². The molecule has 0 saturated heterocycles. The van der Waals surface area contributed by atoms with Crippen molar-refractivity contribution in [3.05, 3.63) is 22.4 Å². The molecule has 2 heterocycles. The van der Waals surface area contributed by atoms with Crippen LogP contribution in [0.25, 0.3) is 0 Å². The Bertz CT molecular complexity index is 371. The van der Waals surface area contributed by atoms with E-state index in [0.29, 0.717) is 11.3 Å². The van der Waals surface area contributed by atoms with Crippen molar-refractivity contribution in [2.45, 2.75) is 38.5 Å². The molecule has 94 valence electrons. The summed E-state index contributed by atoms with van der Waals surface area (Å²) in [6.07, 6.45) is 1.26. The SMILES string of the molecule is CC(C)CC1CN=C(NC(C)c2ccsc2)S1. The smallest absolute Gasteiger partial charge is 0.157 e. The summed E-state index contributed by atoms with van der Waals surface area (Å²) in [5.74, 6) is 0.761. The highest BCUT2D eigenvalue weighted by atomic mass is 32.2. The fourth-order valence-electron chi connectivity index (χ4n) is 1.94. The van der Waals surface area contributed by atoms with Crippen LogP contribution in [0.5, 0.6) is 0 Å². The monoisotopic (exact) mass is 268 g/mol. The van der Waals surface area contributed by atoms with E-state index in [9.17, 15) is 0 Å². The van der Waals surface area contributed by atoms with Crippen LogP contribution >= 0.6 is 23.1 Å². The van der Waals surface area contributed by atoms with Gasteiger partial charge in [0, 0.05) is 5.25 Å². The lowest BCUT2D eigenvalue weighted by Gasteiger charge is -2.15. The van der Waals surface area contributed by atoms with Gasteiger partial charge in [0.25, 0.3) is 0 Å². The summed E-state index contributed by atoms with van der Waals surface area (Å²) in [5.41, 5.74) is 1.35. The molecule has 2 rings (SSSR count). The van der Waals surface area contributed by atoms with Crippen LogP contribution in [0.2, 0.25) is 0 Å². The molecule has 2 atom stereocenters. The maximum absolute atomic E-state index is 4.59. The van der Waals surface area contributed by atoms with Gasteiger partial charge in [0.1, 0.15) is 0 Å². The second-order valence-corrected chi connectivity index (χ2v) is 7.01. The summed E-state index contributed by atoms with van der Waals surface area (Å²) in [7, 11) is 0. The van der Waals surface area contributed by atoms with E-state index in [1.54, 1.807) is 11.3 Å². The van der Waals surface area contributed by atoms with Gasteiger partial charge in [0.15, 0.2) is 5.17 Å². The number of aliphatic imine (C=N–C) groups is 1. The lowest BCUT2D eigenvalue weighted by molar-refractivity contribution is 0.575. The summed E-state index contributed by atoms with van der Waals surface area (Å²) in [6, 6.07) is 2.54. The topological polar surface area (TPSA) is 24.4 Å². The van der Waals surface area contributed by atoms with Gasteiger partial charge in [-0.15, -0.1) is 0 Å². The lowest BCUT2D eigenvalue weighted by Crippen LogP contribution is -2.23. The van der Waals surface area contributed by atoms with Crippen LogP contribution < -0.4 is 5.32 Å². The molecule has 4 heteroatoms. The maximum Gasteiger partial charge on any atom is 0.157 e. The number of rotatable bonds is 4. The molecule has 1 aliphatic rings. The molecular weight excluding hydrogens is 248 g/mol. The standard InChI is InChI=1S/C13H20N2S2/c1-9(2)6-12-7-14-13(17-12)15-10(3)11-4-5-16-8-11/h4-5,8-10,12H,6-7H2,1-3H3,(H,14,15). The molecule has 17 heavy (non-hydrogen) atoms. The molecule has 0 saturated carbocycles. The van der Waals surface area contributed by atoms with Gasteiger partial charge < -0.3 is 5.32 Å². The highest BCUT2D eigenvalue weighted by molar-refractivity contribution is 8.14. The Morgan fingerprint density at radius 2 is 2.29 bits per heavy atom. The maximum atomic E-state index is 4.59. The molecule has 1 N–H and O–H groups in total. The first-order chi connectivity index (χ1) is 8.15. The number of nitrogens with one attached hydrogen (secondary N) is 1. The highest BCUT2D eigenvalue weighted by Crippen LogP contribution is 2.27. The average Bonchev–Trinajstić information content (AvgIpc) is 2.87. The van der Waals surface area contributed by atoms with Gasteiger partial charge in [-0.25, -0.2) is 0 Å². The first kappa shape index (κ1) is 13.0. The summed E-state index contributed by atoms with van der Waals surface area (Å²) in [5, 5.41) is 9.62. The van der Waals surface area contributed by atoms with Gasteiger partial charge >= 0.3 is 0 Å². The van der Waals surface area contributed by atoms with Gasteiger partial charge in [0.05, 0.1) is 12.6 Å². The van der Waals surface area contributed by atoms with E-state index in [0.717, 1.165) is 17.6 Å². The predicted octanol–water partition coefficient (Wildman–Crippen LogP) is 3.92. The number of hydrogen-bond acceptors (Lipinski definition) is 4. The van der Waals surface area contributed by atoms with Crippen LogP contribution in [0.3, 0.4) is 0 Å².